The molecule has 0 unspecified atom stereocenters. The van der Waals surface area contributed by atoms with Crippen LogP contribution in [0.4, 0.5) is 11.4 Å². The molecule has 3 rings (SSSR count). The monoisotopic (exact) mass is 465 g/mol. The number of rotatable bonds is 9. The van der Waals surface area contributed by atoms with Crippen molar-refractivity contribution >= 4 is 44.8 Å². The summed E-state index contributed by atoms with van der Waals surface area (Å²) >= 11 is 5.89. The lowest BCUT2D eigenvalue weighted by Crippen LogP contribution is -2.28. The summed E-state index contributed by atoms with van der Waals surface area (Å²) in [6.45, 7) is 1.01. The van der Waals surface area contributed by atoms with Crippen molar-refractivity contribution in [2.24, 2.45) is 5.92 Å². The highest BCUT2D eigenvalue weighted by Crippen LogP contribution is 2.27. The van der Waals surface area contributed by atoms with Crippen molar-refractivity contribution < 1.29 is 22.7 Å². The molecule has 1 heterocycles. The predicted octanol–water partition coefficient (Wildman–Crippen LogP) is 2.65. The van der Waals surface area contributed by atoms with E-state index in [4.69, 9.17) is 16.3 Å². The first kappa shape index (κ1) is 23.2. The zero-order valence-electron chi connectivity index (χ0n) is 17.0. The molecule has 1 aliphatic heterocycles. The summed E-state index contributed by atoms with van der Waals surface area (Å²) in [6, 6.07) is 12.8. The molecule has 31 heavy (non-hydrogen) atoms. The van der Waals surface area contributed by atoms with E-state index < -0.39 is 15.9 Å². The number of ether oxygens (including phenoxy) is 1. The number of anilines is 2. The maximum Gasteiger partial charge on any atom is 0.240 e. The minimum atomic E-state index is -3.63. The van der Waals surface area contributed by atoms with Crippen LogP contribution in [0.5, 0.6) is 0 Å². The van der Waals surface area contributed by atoms with Crippen molar-refractivity contribution in [2.75, 3.05) is 37.0 Å². The Hall–Kier alpha value is -2.46. The number of carbonyl (C=O) groups excluding carboxylic acids is 2. The van der Waals surface area contributed by atoms with Crippen LogP contribution in [0.15, 0.2) is 53.4 Å². The molecular formula is C21H24ClN3O5S. The molecule has 1 fully saturated rings. The van der Waals surface area contributed by atoms with Crippen LogP contribution in [-0.4, -0.2) is 47.0 Å². The van der Waals surface area contributed by atoms with Crippen molar-refractivity contribution in [3.63, 3.8) is 0 Å². The Morgan fingerprint density at radius 3 is 2.48 bits per heavy atom. The van der Waals surface area contributed by atoms with Gasteiger partial charge in [-0.05, 0) is 55.0 Å². The lowest BCUT2D eigenvalue weighted by Gasteiger charge is -2.17. The molecule has 0 radical (unpaired) electrons. The molecule has 1 saturated heterocycles. The molecule has 0 aliphatic carbocycles. The maximum absolute atomic E-state index is 12.6. The van der Waals surface area contributed by atoms with Crippen LogP contribution in [0.2, 0.25) is 5.02 Å². The highest BCUT2D eigenvalue weighted by Gasteiger charge is 2.35. The van der Waals surface area contributed by atoms with Gasteiger partial charge >= 0.3 is 0 Å². The Balaban J connectivity index is 1.58. The lowest BCUT2D eigenvalue weighted by molar-refractivity contribution is -0.122. The minimum Gasteiger partial charge on any atom is -0.385 e. The van der Waals surface area contributed by atoms with Gasteiger partial charge in [-0.2, -0.15) is 0 Å². The van der Waals surface area contributed by atoms with Crippen molar-refractivity contribution in [1.29, 1.82) is 0 Å². The molecule has 1 atom stereocenters. The van der Waals surface area contributed by atoms with Crippen molar-refractivity contribution in [3.8, 4) is 0 Å². The zero-order valence-corrected chi connectivity index (χ0v) is 18.6. The third-order valence-electron chi connectivity index (χ3n) is 4.88. The molecule has 8 nitrogen and oxygen atoms in total. The Labute approximate surface area is 186 Å². The molecule has 2 amide bonds. The molecule has 0 aromatic heterocycles. The maximum atomic E-state index is 12.6. The Bertz CT molecular complexity index is 1030. The second kappa shape index (κ2) is 10.2. The number of methoxy groups -OCH3 is 1. The summed E-state index contributed by atoms with van der Waals surface area (Å²) in [7, 11) is -2.08. The van der Waals surface area contributed by atoms with E-state index >= 15 is 0 Å². The van der Waals surface area contributed by atoms with Gasteiger partial charge in [0.1, 0.15) is 0 Å². The number of nitrogens with zero attached hydrogens (tertiary/aromatic N) is 1. The Morgan fingerprint density at radius 1 is 1.16 bits per heavy atom. The fourth-order valence-corrected chi connectivity index (χ4v) is 4.42. The average Bonchev–Trinajstić information content (AvgIpc) is 3.14. The van der Waals surface area contributed by atoms with Gasteiger partial charge in [-0.3, -0.25) is 9.59 Å². The van der Waals surface area contributed by atoms with Gasteiger partial charge in [0, 0.05) is 49.6 Å². The molecule has 2 N–H and O–H groups in total. The summed E-state index contributed by atoms with van der Waals surface area (Å²) < 4.78 is 31.9. The third kappa shape index (κ3) is 6.04. The largest absolute Gasteiger partial charge is 0.385 e. The first-order valence-corrected chi connectivity index (χ1v) is 11.6. The fourth-order valence-electron chi connectivity index (χ4n) is 3.22. The van der Waals surface area contributed by atoms with Crippen LogP contribution < -0.4 is 14.9 Å². The fraction of sp³-hybridized carbons (Fsp3) is 0.333. The summed E-state index contributed by atoms with van der Waals surface area (Å²) in [5.74, 6) is -0.935. The van der Waals surface area contributed by atoms with E-state index in [2.05, 4.69) is 10.0 Å². The van der Waals surface area contributed by atoms with Gasteiger partial charge in [0.15, 0.2) is 0 Å². The van der Waals surface area contributed by atoms with Gasteiger partial charge in [-0.15, -0.1) is 0 Å². The quantitative estimate of drug-likeness (QED) is 0.554. The van der Waals surface area contributed by atoms with Gasteiger partial charge in [-0.25, -0.2) is 13.1 Å². The van der Waals surface area contributed by atoms with Crippen LogP contribution in [-0.2, 0) is 24.3 Å². The van der Waals surface area contributed by atoms with E-state index in [0.717, 1.165) is 0 Å². The van der Waals surface area contributed by atoms with E-state index in [9.17, 15) is 18.0 Å². The first-order valence-electron chi connectivity index (χ1n) is 9.75. The first-order chi connectivity index (χ1) is 14.8. The van der Waals surface area contributed by atoms with E-state index in [1.807, 2.05) is 0 Å². The second-order valence-corrected chi connectivity index (χ2v) is 9.34. The predicted molar refractivity (Wildman–Crippen MR) is 119 cm³/mol. The molecule has 2 aromatic rings. The normalized spacial score (nSPS) is 16.5. The van der Waals surface area contributed by atoms with Crippen LogP contribution in [0.1, 0.15) is 12.8 Å². The second-order valence-electron chi connectivity index (χ2n) is 7.14. The number of carbonyl (C=O) groups is 2. The van der Waals surface area contributed by atoms with E-state index in [1.165, 1.54) is 24.3 Å². The SMILES string of the molecule is COCCCNS(=O)(=O)c1ccc(NC(=O)[C@@H]2CC(=O)N(c3ccc(Cl)cc3)C2)cc1. The minimum absolute atomic E-state index is 0.103. The molecule has 1 aliphatic rings. The average molecular weight is 466 g/mol. The molecule has 166 valence electrons. The standard InChI is InChI=1S/C21H24ClN3O5S/c1-30-12-2-11-23-31(28,29)19-9-5-17(6-10-19)24-21(27)15-13-20(26)25(14-15)18-7-3-16(22)4-8-18/h3-10,15,23H,2,11-14H2,1H3,(H,24,27)/t15-/m1/s1. The van der Waals surface area contributed by atoms with Gasteiger partial charge in [0.05, 0.1) is 10.8 Å². The van der Waals surface area contributed by atoms with Crippen molar-refractivity contribution in [3.05, 3.63) is 53.6 Å². The van der Waals surface area contributed by atoms with E-state index in [0.29, 0.717) is 29.4 Å². The van der Waals surface area contributed by atoms with Gasteiger partial charge < -0.3 is 15.0 Å². The summed E-state index contributed by atoms with van der Waals surface area (Å²) in [5, 5.41) is 3.32. The Morgan fingerprint density at radius 2 is 1.84 bits per heavy atom. The molecule has 0 saturated carbocycles. The van der Waals surface area contributed by atoms with Gasteiger partial charge in [-0.1, -0.05) is 11.6 Å². The van der Waals surface area contributed by atoms with Gasteiger partial charge in [0.25, 0.3) is 0 Å². The van der Waals surface area contributed by atoms with Crippen LogP contribution in [0, 0.1) is 5.92 Å². The van der Waals surface area contributed by atoms with Crippen LogP contribution >= 0.6 is 11.6 Å². The number of halogens is 1. The summed E-state index contributed by atoms with van der Waals surface area (Å²) in [5.41, 5.74) is 1.15. The lowest BCUT2D eigenvalue weighted by atomic mass is 10.1. The molecule has 2 aromatic carbocycles. The smallest absolute Gasteiger partial charge is 0.240 e. The number of sulfonamides is 1. The molecule has 10 heteroatoms. The summed E-state index contributed by atoms with van der Waals surface area (Å²) in [6.07, 6.45) is 0.670. The van der Waals surface area contributed by atoms with Crippen molar-refractivity contribution in [2.45, 2.75) is 17.7 Å². The van der Waals surface area contributed by atoms with E-state index in [1.54, 1.807) is 36.3 Å². The molecule has 0 bridgehead atoms. The highest BCUT2D eigenvalue weighted by atomic mass is 35.5. The van der Waals surface area contributed by atoms with Crippen LogP contribution in [0.25, 0.3) is 0 Å². The number of amides is 2. The number of benzene rings is 2. The van der Waals surface area contributed by atoms with E-state index in [-0.39, 0.29) is 36.2 Å². The Kier molecular flexibility index (Phi) is 7.66. The van der Waals surface area contributed by atoms with Crippen LogP contribution in [0.3, 0.4) is 0 Å². The number of nitrogens with one attached hydrogen (secondary N) is 2. The number of hydrogen-bond acceptors (Lipinski definition) is 5. The topological polar surface area (TPSA) is 105 Å². The van der Waals surface area contributed by atoms with Gasteiger partial charge in [0.2, 0.25) is 21.8 Å². The third-order valence-corrected chi connectivity index (χ3v) is 6.61. The van der Waals surface area contributed by atoms with Crippen molar-refractivity contribution in [1.82, 2.24) is 4.72 Å². The number of hydrogen-bond donors (Lipinski definition) is 2. The molecular weight excluding hydrogens is 442 g/mol. The highest BCUT2D eigenvalue weighted by molar-refractivity contribution is 7.89. The molecule has 0 spiro atoms. The summed E-state index contributed by atoms with van der Waals surface area (Å²) in [4.78, 5) is 26.6. The zero-order chi connectivity index (χ0) is 22.4.